The van der Waals surface area contributed by atoms with Gasteiger partial charge in [-0.2, -0.15) is 0 Å². The first kappa shape index (κ1) is 12.6. The van der Waals surface area contributed by atoms with Gasteiger partial charge in [0.2, 0.25) is 5.95 Å². The van der Waals surface area contributed by atoms with Crippen molar-refractivity contribution in [2.75, 3.05) is 5.32 Å². The molecule has 0 radical (unpaired) electrons. The summed E-state index contributed by atoms with van der Waals surface area (Å²) in [6.45, 7) is 2.61. The van der Waals surface area contributed by atoms with E-state index in [4.69, 9.17) is 5.73 Å². The third-order valence-corrected chi connectivity index (χ3v) is 3.18. The molecule has 4 heteroatoms. The maximum absolute atomic E-state index is 5.58. The molecular formula is C16H16N4. The van der Waals surface area contributed by atoms with E-state index in [2.05, 4.69) is 34.3 Å². The Morgan fingerprint density at radius 3 is 2.65 bits per heavy atom. The van der Waals surface area contributed by atoms with Crippen molar-refractivity contribution in [1.29, 1.82) is 0 Å². The number of nitrogens with zero attached hydrogens (tertiary/aromatic N) is 2. The summed E-state index contributed by atoms with van der Waals surface area (Å²) in [6, 6.07) is 14.1. The van der Waals surface area contributed by atoms with Gasteiger partial charge in [-0.25, -0.2) is 9.97 Å². The van der Waals surface area contributed by atoms with E-state index in [1.165, 1.54) is 5.56 Å². The molecule has 1 heterocycles. The summed E-state index contributed by atoms with van der Waals surface area (Å²) in [4.78, 5) is 8.85. The van der Waals surface area contributed by atoms with Gasteiger partial charge in [0.15, 0.2) is 0 Å². The van der Waals surface area contributed by atoms with Crippen LogP contribution in [0.1, 0.15) is 11.1 Å². The first-order valence-corrected chi connectivity index (χ1v) is 6.54. The Labute approximate surface area is 117 Å². The number of aromatic nitrogens is 2. The summed E-state index contributed by atoms with van der Waals surface area (Å²) >= 11 is 0. The van der Waals surface area contributed by atoms with Crippen molar-refractivity contribution >= 4 is 22.5 Å². The molecule has 3 N–H and O–H groups in total. The highest BCUT2D eigenvalue weighted by molar-refractivity contribution is 5.79. The molecule has 0 saturated heterocycles. The molecule has 100 valence electrons. The zero-order valence-electron chi connectivity index (χ0n) is 11.3. The van der Waals surface area contributed by atoms with Gasteiger partial charge in [-0.15, -0.1) is 0 Å². The summed E-state index contributed by atoms with van der Waals surface area (Å²) in [5.74, 6) is 0.599. The first-order valence-electron chi connectivity index (χ1n) is 6.54. The lowest BCUT2D eigenvalue weighted by Crippen LogP contribution is -1.99. The lowest BCUT2D eigenvalue weighted by atomic mass is 10.2. The zero-order chi connectivity index (χ0) is 13.9. The topological polar surface area (TPSA) is 63.8 Å². The standard InChI is InChI=1S/C16H16N4/c1-11-2-7-15-13(8-11)10-18-16(20-15)19-14-5-3-12(9-17)4-6-14/h2-8,10H,9,17H2,1H3,(H,18,19,20). The SMILES string of the molecule is Cc1ccc2nc(Nc3ccc(CN)cc3)ncc2c1. The number of benzene rings is 2. The van der Waals surface area contributed by atoms with E-state index >= 15 is 0 Å². The number of nitrogens with two attached hydrogens (primary N) is 1. The van der Waals surface area contributed by atoms with Crippen LogP contribution in [0.2, 0.25) is 0 Å². The molecule has 0 fully saturated rings. The van der Waals surface area contributed by atoms with Crippen LogP contribution in [0.25, 0.3) is 10.9 Å². The maximum atomic E-state index is 5.58. The van der Waals surface area contributed by atoms with E-state index in [0.29, 0.717) is 12.5 Å². The van der Waals surface area contributed by atoms with Crippen LogP contribution in [0.5, 0.6) is 0 Å². The Balaban J connectivity index is 1.88. The predicted octanol–water partition coefficient (Wildman–Crippen LogP) is 3.14. The molecular weight excluding hydrogens is 248 g/mol. The number of fused-ring (bicyclic) bond motifs is 1. The molecule has 0 bridgehead atoms. The third kappa shape index (κ3) is 2.60. The lowest BCUT2D eigenvalue weighted by molar-refractivity contribution is 1.07. The highest BCUT2D eigenvalue weighted by Crippen LogP contribution is 2.17. The van der Waals surface area contributed by atoms with Gasteiger partial charge >= 0.3 is 0 Å². The smallest absolute Gasteiger partial charge is 0.227 e. The molecule has 0 atom stereocenters. The van der Waals surface area contributed by atoms with Gasteiger partial charge in [-0.05, 0) is 36.8 Å². The molecule has 0 spiro atoms. The fourth-order valence-electron chi connectivity index (χ4n) is 2.07. The number of nitrogens with one attached hydrogen (secondary N) is 1. The summed E-state index contributed by atoms with van der Waals surface area (Å²) < 4.78 is 0. The molecule has 0 aliphatic rings. The van der Waals surface area contributed by atoms with Gasteiger partial charge < -0.3 is 11.1 Å². The van der Waals surface area contributed by atoms with E-state index in [0.717, 1.165) is 22.2 Å². The normalized spacial score (nSPS) is 10.7. The molecule has 3 rings (SSSR count). The van der Waals surface area contributed by atoms with E-state index in [1.807, 2.05) is 36.5 Å². The van der Waals surface area contributed by atoms with E-state index < -0.39 is 0 Å². The van der Waals surface area contributed by atoms with Crippen molar-refractivity contribution in [3.63, 3.8) is 0 Å². The minimum absolute atomic E-state index is 0.548. The van der Waals surface area contributed by atoms with Crippen molar-refractivity contribution in [2.45, 2.75) is 13.5 Å². The van der Waals surface area contributed by atoms with E-state index in [9.17, 15) is 0 Å². The van der Waals surface area contributed by atoms with Crippen molar-refractivity contribution < 1.29 is 0 Å². The largest absolute Gasteiger partial charge is 0.326 e. The second-order valence-electron chi connectivity index (χ2n) is 4.78. The van der Waals surface area contributed by atoms with Crippen molar-refractivity contribution in [2.24, 2.45) is 5.73 Å². The monoisotopic (exact) mass is 264 g/mol. The molecule has 0 aliphatic heterocycles. The van der Waals surface area contributed by atoms with Gasteiger partial charge in [0, 0.05) is 23.8 Å². The Bertz CT molecular complexity index is 735. The highest BCUT2D eigenvalue weighted by atomic mass is 15.1. The average molecular weight is 264 g/mol. The molecule has 20 heavy (non-hydrogen) atoms. The van der Waals surface area contributed by atoms with Crippen LogP contribution in [-0.4, -0.2) is 9.97 Å². The molecule has 1 aromatic heterocycles. The fourth-order valence-corrected chi connectivity index (χ4v) is 2.07. The summed E-state index contributed by atoms with van der Waals surface area (Å²) in [6.07, 6.45) is 1.84. The molecule has 0 amide bonds. The minimum atomic E-state index is 0.548. The van der Waals surface area contributed by atoms with Gasteiger partial charge in [0.05, 0.1) is 5.52 Å². The third-order valence-electron chi connectivity index (χ3n) is 3.18. The number of hydrogen-bond acceptors (Lipinski definition) is 4. The predicted molar refractivity (Wildman–Crippen MR) is 81.9 cm³/mol. The highest BCUT2D eigenvalue weighted by Gasteiger charge is 2.01. The van der Waals surface area contributed by atoms with Crippen LogP contribution in [0.15, 0.2) is 48.7 Å². The fraction of sp³-hybridized carbons (Fsp3) is 0.125. The Hall–Kier alpha value is -2.46. The maximum Gasteiger partial charge on any atom is 0.227 e. The first-order chi connectivity index (χ1) is 9.74. The average Bonchev–Trinajstić information content (AvgIpc) is 2.48. The van der Waals surface area contributed by atoms with Gasteiger partial charge in [0.25, 0.3) is 0 Å². The Morgan fingerprint density at radius 2 is 1.90 bits per heavy atom. The lowest BCUT2D eigenvalue weighted by Gasteiger charge is -2.06. The van der Waals surface area contributed by atoms with Gasteiger partial charge in [-0.1, -0.05) is 23.8 Å². The van der Waals surface area contributed by atoms with Gasteiger partial charge in [-0.3, -0.25) is 0 Å². The minimum Gasteiger partial charge on any atom is -0.326 e. The number of anilines is 2. The molecule has 0 saturated carbocycles. The van der Waals surface area contributed by atoms with Crippen LogP contribution in [0.3, 0.4) is 0 Å². The van der Waals surface area contributed by atoms with Crippen LogP contribution in [0.4, 0.5) is 11.6 Å². The number of hydrogen-bond donors (Lipinski definition) is 2. The van der Waals surface area contributed by atoms with Gasteiger partial charge in [0.1, 0.15) is 0 Å². The Kier molecular flexibility index (Phi) is 3.31. The van der Waals surface area contributed by atoms with Crippen LogP contribution in [-0.2, 0) is 6.54 Å². The van der Waals surface area contributed by atoms with E-state index in [-0.39, 0.29) is 0 Å². The van der Waals surface area contributed by atoms with Crippen molar-refractivity contribution in [3.05, 3.63) is 59.8 Å². The zero-order valence-corrected chi connectivity index (χ0v) is 11.3. The second kappa shape index (κ2) is 5.27. The summed E-state index contributed by atoms with van der Waals surface area (Å²) in [7, 11) is 0. The summed E-state index contributed by atoms with van der Waals surface area (Å²) in [5.41, 5.74) is 9.78. The number of rotatable bonds is 3. The number of aryl methyl sites for hydroxylation is 1. The molecule has 3 aromatic rings. The Morgan fingerprint density at radius 1 is 1.10 bits per heavy atom. The molecule has 0 unspecified atom stereocenters. The second-order valence-corrected chi connectivity index (χ2v) is 4.78. The van der Waals surface area contributed by atoms with Crippen LogP contribution < -0.4 is 11.1 Å². The molecule has 4 nitrogen and oxygen atoms in total. The quantitative estimate of drug-likeness (QED) is 0.762. The molecule has 2 aromatic carbocycles. The molecule has 0 aliphatic carbocycles. The summed E-state index contributed by atoms with van der Waals surface area (Å²) in [5, 5.41) is 4.25. The van der Waals surface area contributed by atoms with Crippen molar-refractivity contribution in [1.82, 2.24) is 9.97 Å². The van der Waals surface area contributed by atoms with Crippen LogP contribution >= 0.6 is 0 Å². The van der Waals surface area contributed by atoms with E-state index in [1.54, 1.807) is 0 Å². The van der Waals surface area contributed by atoms with Crippen LogP contribution in [0, 0.1) is 6.92 Å². The van der Waals surface area contributed by atoms with Crippen molar-refractivity contribution in [3.8, 4) is 0 Å².